The van der Waals surface area contributed by atoms with Crippen LogP contribution >= 0.6 is 39.9 Å². The Bertz CT molecular complexity index is 477. The first kappa shape index (κ1) is 19.4. The van der Waals surface area contributed by atoms with Crippen molar-refractivity contribution >= 4 is 45.9 Å². The lowest BCUT2D eigenvalue weighted by Crippen LogP contribution is -2.32. The zero-order chi connectivity index (χ0) is 14.3. The minimum atomic E-state index is -0.182. The Morgan fingerprint density at radius 2 is 2.20 bits per heavy atom. The minimum absolute atomic E-state index is 0. The van der Waals surface area contributed by atoms with Crippen LogP contribution in [0.4, 0.5) is 4.39 Å². The van der Waals surface area contributed by atoms with E-state index in [4.69, 9.17) is 5.73 Å². The third kappa shape index (κ3) is 7.84. The van der Waals surface area contributed by atoms with Gasteiger partial charge in [-0.15, -0.1) is 24.0 Å². The van der Waals surface area contributed by atoms with Gasteiger partial charge in [-0.3, -0.25) is 0 Å². The molecule has 0 aromatic heterocycles. The van der Waals surface area contributed by atoms with E-state index in [-0.39, 0.29) is 29.8 Å². The highest BCUT2D eigenvalue weighted by Gasteiger charge is 2.02. The van der Waals surface area contributed by atoms with Crippen molar-refractivity contribution in [2.75, 3.05) is 13.1 Å². The van der Waals surface area contributed by atoms with Crippen molar-refractivity contribution in [3.8, 4) is 0 Å². The van der Waals surface area contributed by atoms with Gasteiger partial charge in [-0.1, -0.05) is 34.1 Å². The third-order valence-electron chi connectivity index (χ3n) is 2.46. The summed E-state index contributed by atoms with van der Waals surface area (Å²) in [6.07, 6.45) is 1.46. The third-order valence-corrected chi connectivity index (χ3v) is 2.96. The van der Waals surface area contributed by atoms with Crippen molar-refractivity contribution in [1.82, 2.24) is 5.32 Å². The maximum Gasteiger partial charge on any atom is 0.188 e. The zero-order valence-electron chi connectivity index (χ0n) is 11.5. The Morgan fingerprint density at radius 3 is 2.80 bits per heavy atom. The van der Waals surface area contributed by atoms with Gasteiger partial charge in [0.1, 0.15) is 5.82 Å². The minimum Gasteiger partial charge on any atom is -0.370 e. The molecule has 6 heteroatoms. The smallest absolute Gasteiger partial charge is 0.188 e. The molecule has 0 saturated carbocycles. The average molecular weight is 456 g/mol. The molecule has 0 radical (unpaired) electrons. The lowest BCUT2D eigenvalue weighted by atomic mass is 10.1. The fraction of sp³-hybridized carbons (Fsp3) is 0.357. The highest BCUT2D eigenvalue weighted by Crippen LogP contribution is 2.16. The van der Waals surface area contributed by atoms with E-state index in [1.54, 1.807) is 6.07 Å². The molecule has 1 aromatic rings. The standard InChI is InChI=1S/C14H19BrFN3.HI/c1-10(2)9-19-14(17)18-7-3-4-11-5-6-12(15)8-13(11)16;/h5-6,8H,1,3-4,7,9H2,2H3,(H3,17,18,19);1H. The van der Waals surface area contributed by atoms with Crippen LogP contribution in [0.2, 0.25) is 0 Å². The highest BCUT2D eigenvalue weighted by atomic mass is 127. The number of guanidine groups is 1. The summed E-state index contributed by atoms with van der Waals surface area (Å²) in [5.41, 5.74) is 7.34. The number of rotatable bonds is 6. The van der Waals surface area contributed by atoms with E-state index in [1.165, 1.54) is 6.07 Å². The molecule has 0 amide bonds. The van der Waals surface area contributed by atoms with Gasteiger partial charge in [-0.2, -0.15) is 0 Å². The number of nitrogens with two attached hydrogens (primary N) is 1. The number of nitrogens with one attached hydrogen (secondary N) is 1. The zero-order valence-corrected chi connectivity index (χ0v) is 15.4. The summed E-state index contributed by atoms with van der Waals surface area (Å²) < 4.78 is 14.3. The largest absolute Gasteiger partial charge is 0.370 e. The number of hydrogen-bond acceptors (Lipinski definition) is 1. The number of aryl methyl sites for hydroxylation is 1. The average Bonchev–Trinajstić information content (AvgIpc) is 2.34. The molecule has 0 spiro atoms. The molecule has 20 heavy (non-hydrogen) atoms. The first-order chi connectivity index (χ1) is 8.99. The highest BCUT2D eigenvalue weighted by molar-refractivity contribution is 14.0. The SMILES string of the molecule is C=C(C)CN=C(N)NCCCc1ccc(Br)cc1F.I. The maximum absolute atomic E-state index is 13.5. The summed E-state index contributed by atoms with van der Waals surface area (Å²) in [5, 5.41) is 2.99. The normalized spacial score (nSPS) is 10.8. The van der Waals surface area contributed by atoms with Crippen molar-refractivity contribution in [3.05, 3.63) is 46.2 Å². The van der Waals surface area contributed by atoms with E-state index in [0.29, 0.717) is 31.0 Å². The van der Waals surface area contributed by atoms with Gasteiger partial charge in [0.15, 0.2) is 5.96 Å². The van der Waals surface area contributed by atoms with Crippen LogP contribution in [-0.2, 0) is 6.42 Å². The lowest BCUT2D eigenvalue weighted by molar-refractivity contribution is 0.602. The molecule has 0 atom stereocenters. The molecule has 0 aliphatic carbocycles. The molecule has 1 aromatic carbocycles. The summed E-state index contributed by atoms with van der Waals surface area (Å²) in [7, 11) is 0. The summed E-state index contributed by atoms with van der Waals surface area (Å²) in [4.78, 5) is 4.10. The van der Waals surface area contributed by atoms with Gasteiger partial charge in [0.05, 0.1) is 6.54 Å². The predicted octanol–water partition coefficient (Wildman–Crippen LogP) is 3.62. The first-order valence-corrected chi connectivity index (χ1v) is 6.90. The number of aliphatic imine (C=N–C) groups is 1. The van der Waals surface area contributed by atoms with Crippen LogP contribution in [-0.4, -0.2) is 19.0 Å². The summed E-state index contributed by atoms with van der Waals surface area (Å²) in [6, 6.07) is 5.11. The van der Waals surface area contributed by atoms with Gasteiger partial charge in [0.2, 0.25) is 0 Å². The van der Waals surface area contributed by atoms with Crippen molar-refractivity contribution in [2.45, 2.75) is 19.8 Å². The van der Waals surface area contributed by atoms with Crippen molar-refractivity contribution in [1.29, 1.82) is 0 Å². The van der Waals surface area contributed by atoms with Crippen LogP contribution in [0.25, 0.3) is 0 Å². The number of hydrogen-bond donors (Lipinski definition) is 2. The molecule has 0 bridgehead atoms. The molecule has 112 valence electrons. The molecule has 3 nitrogen and oxygen atoms in total. The predicted molar refractivity (Wildman–Crippen MR) is 97.1 cm³/mol. The molecule has 0 unspecified atom stereocenters. The number of nitrogens with zero attached hydrogens (tertiary/aromatic N) is 1. The van der Waals surface area contributed by atoms with Crippen LogP contribution in [0.5, 0.6) is 0 Å². The Kier molecular flexibility index (Phi) is 9.83. The molecule has 0 heterocycles. The maximum atomic E-state index is 13.5. The monoisotopic (exact) mass is 455 g/mol. The van der Waals surface area contributed by atoms with Gasteiger partial charge in [-0.25, -0.2) is 9.38 Å². The molecule has 0 aliphatic rings. The van der Waals surface area contributed by atoms with Crippen molar-refractivity contribution in [3.63, 3.8) is 0 Å². The first-order valence-electron chi connectivity index (χ1n) is 6.11. The second-order valence-electron chi connectivity index (χ2n) is 4.42. The van der Waals surface area contributed by atoms with Crippen molar-refractivity contribution < 1.29 is 4.39 Å². The fourth-order valence-electron chi connectivity index (χ4n) is 1.50. The molecule has 0 fully saturated rings. The second kappa shape index (κ2) is 10.1. The van der Waals surface area contributed by atoms with Crippen LogP contribution in [0, 0.1) is 5.82 Å². The number of benzene rings is 1. The van der Waals surface area contributed by atoms with Crippen LogP contribution in [0.1, 0.15) is 18.9 Å². The second-order valence-corrected chi connectivity index (χ2v) is 5.34. The summed E-state index contributed by atoms with van der Waals surface area (Å²) in [5.74, 6) is 0.220. The Morgan fingerprint density at radius 1 is 1.50 bits per heavy atom. The van der Waals surface area contributed by atoms with Crippen molar-refractivity contribution in [2.24, 2.45) is 10.7 Å². The van der Waals surface area contributed by atoms with E-state index >= 15 is 0 Å². The van der Waals surface area contributed by atoms with Crippen LogP contribution in [0.3, 0.4) is 0 Å². The van der Waals surface area contributed by atoms with Gasteiger partial charge < -0.3 is 11.1 Å². The molecule has 0 saturated heterocycles. The molecule has 0 aliphatic heterocycles. The lowest BCUT2D eigenvalue weighted by Gasteiger charge is -2.06. The number of halogens is 3. The topological polar surface area (TPSA) is 50.4 Å². The van der Waals surface area contributed by atoms with Gasteiger partial charge in [0.25, 0.3) is 0 Å². The quantitative estimate of drug-likeness (QED) is 0.226. The van der Waals surface area contributed by atoms with E-state index < -0.39 is 0 Å². The summed E-state index contributed by atoms with van der Waals surface area (Å²) >= 11 is 3.23. The van der Waals surface area contributed by atoms with E-state index in [1.807, 2.05) is 13.0 Å². The summed E-state index contributed by atoms with van der Waals surface area (Å²) in [6.45, 7) is 6.84. The van der Waals surface area contributed by atoms with E-state index in [0.717, 1.165) is 16.5 Å². The van der Waals surface area contributed by atoms with Gasteiger partial charge >= 0.3 is 0 Å². The van der Waals surface area contributed by atoms with E-state index in [9.17, 15) is 4.39 Å². The Labute approximate surface area is 145 Å². The molecular weight excluding hydrogens is 436 g/mol. The molecule has 3 N–H and O–H groups in total. The Hall–Kier alpha value is -0.630. The van der Waals surface area contributed by atoms with E-state index in [2.05, 4.69) is 32.8 Å². The van der Waals surface area contributed by atoms with Crippen LogP contribution < -0.4 is 11.1 Å². The molecule has 1 rings (SSSR count). The van der Waals surface area contributed by atoms with Gasteiger partial charge in [0, 0.05) is 11.0 Å². The van der Waals surface area contributed by atoms with Crippen LogP contribution in [0.15, 0.2) is 39.8 Å². The van der Waals surface area contributed by atoms with Gasteiger partial charge in [-0.05, 0) is 37.5 Å². The fourth-order valence-corrected chi connectivity index (χ4v) is 1.83. The Balaban J connectivity index is 0.00000361. The molecular formula is C14H20BrFIN3.